The molecule has 0 bridgehead atoms. The number of rotatable bonds is 8. The van der Waals surface area contributed by atoms with E-state index in [2.05, 4.69) is 334 Å². The molecule has 5 heteroatoms. The molecular formula is C84H52N4S. The van der Waals surface area contributed by atoms with Crippen LogP contribution < -0.4 is 0 Å². The maximum absolute atomic E-state index is 2.51. The van der Waals surface area contributed by atoms with Crippen LogP contribution in [0.4, 0.5) is 0 Å². The maximum Gasteiger partial charge on any atom is 0.0719 e. The number of aromatic nitrogens is 4. The first kappa shape index (κ1) is 49.7. The topological polar surface area (TPSA) is 19.7 Å². The van der Waals surface area contributed by atoms with E-state index in [4.69, 9.17) is 0 Å². The molecule has 0 aliphatic heterocycles. The molecule has 0 spiro atoms. The van der Waals surface area contributed by atoms with E-state index in [0.29, 0.717) is 0 Å². The Morgan fingerprint density at radius 3 is 1.06 bits per heavy atom. The second-order valence-corrected chi connectivity index (χ2v) is 24.7. The van der Waals surface area contributed by atoms with Gasteiger partial charge in [-0.25, -0.2) is 0 Å². The molecule has 0 radical (unpaired) electrons. The van der Waals surface area contributed by atoms with E-state index in [1.54, 1.807) is 0 Å². The van der Waals surface area contributed by atoms with Crippen LogP contribution in [-0.2, 0) is 0 Å². The van der Waals surface area contributed by atoms with Crippen molar-refractivity contribution >= 4 is 119 Å². The summed E-state index contributed by atoms with van der Waals surface area (Å²) in [6.07, 6.45) is 0. The van der Waals surface area contributed by atoms with Crippen LogP contribution in [0.2, 0.25) is 0 Å². The number of hydrogen-bond donors (Lipinski definition) is 0. The summed E-state index contributed by atoms with van der Waals surface area (Å²) in [6, 6.07) is 117. The zero-order valence-electron chi connectivity index (χ0n) is 48.2. The summed E-state index contributed by atoms with van der Waals surface area (Å²) in [5, 5.41) is 12.4. The van der Waals surface area contributed by atoms with Gasteiger partial charge in [-0.3, -0.25) is 0 Å². The predicted molar refractivity (Wildman–Crippen MR) is 378 cm³/mol. The van der Waals surface area contributed by atoms with Crippen LogP contribution in [0, 0.1) is 0 Å². The number of benzene rings is 14. The Labute approximate surface area is 516 Å². The van der Waals surface area contributed by atoms with Crippen molar-refractivity contribution in [3.63, 3.8) is 0 Å². The fourth-order valence-electron chi connectivity index (χ4n) is 14.7. The molecule has 0 aliphatic rings. The van der Waals surface area contributed by atoms with E-state index in [-0.39, 0.29) is 0 Å². The highest BCUT2D eigenvalue weighted by Crippen LogP contribution is 2.47. The molecule has 0 amide bonds. The lowest BCUT2D eigenvalue weighted by molar-refractivity contribution is 1.17. The normalized spacial score (nSPS) is 12.0. The predicted octanol–water partition coefficient (Wildman–Crippen LogP) is 23.1. The monoisotopic (exact) mass is 1150 g/mol. The Hall–Kier alpha value is -11.5. The summed E-state index contributed by atoms with van der Waals surface area (Å²) in [4.78, 5) is 0. The standard InChI is InChI=1S/C84H52N4S/c1-6-20-53(21-7-1)59-44-60(54-22-8-2-9-23-54)46-64(45-59)87-78-42-36-58(50-72(78)74-52-80-73(51-81(74)87)65-30-16-18-32-75(65)86(80)62-26-12-4-13-27-62)57-35-41-77-71(49-57)70-48-56(34-40-76(70)85(77)61-24-10-3-11-25-61)55-37-43-79-69(47-55)67-38-39-68-66-31-17-19-33-82(66)89-84(68)83(67)88(79)63-28-14-5-15-29-63/h1-52H. The number of hydrogen-bond acceptors (Lipinski definition) is 1. The molecule has 5 heterocycles. The van der Waals surface area contributed by atoms with Crippen molar-refractivity contribution in [1.82, 2.24) is 18.3 Å². The van der Waals surface area contributed by atoms with Gasteiger partial charge in [-0.2, -0.15) is 0 Å². The van der Waals surface area contributed by atoms with Crippen molar-refractivity contribution in [2.24, 2.45) is 0 Å². The molecular weight excluding hydrogens is 1100 g/mol. The molecule has 0 atom stereocenters. The smallest absolute Gasteiger partial charge is 0.0719 e. The van der Waals surface area contributed by atoms with Crippen molar-refractivity contribution in [1.29, 1.82) is 0 Å². The fourth-order valence-corrected chi connectivity index (χ4v) is 15.9. The Bertz CT molecular complexity index is 6010. The second-order valence-electron chi connectivity index (χ2n) is 23.6. The summed E-state index contributed by atoms with van der Waals surface area (Å²) in [7, 11) is 0. The average Bonchev–Trinajstić information content (AvgIpc) is 1.62. The summed E-state index contributed by atoms with van der Waals surface area (Å²) < 4.78 is 12.5. The van der Waals surface area contributed by atoms with Crippen LogP contribution in [0.3, 0.4) is 0 Å². The van der Waals surface area contributed by atoms with Crippen LogP contribution in [0.1, 0.15) is 0 Å². The second kappa shape index (κ2) is 19.5. The lowest BCUT2D eigenvalue weighted by atomic mass is 9.98. The molecule has 0 aliphatic carbocycles. The molecule has 414 valence electrons. The molecule has 19 rings (SSSR count). The van der Waals surface area contributed by atoms with Crippen molar-refractivity contribution in [2.75, 3.05) is 0 Å². The van der Waals surface area contributed by atoms with Crippen molar-refractivity contribution in [3.8, 4) is 67.3 Å². The highest BCUT2D eigenvalue weighted by molar-refractivity contribution is 7.26. The largest absolute Gasteiger partial charge is 0.309 e. The van der Waals surface area contributed by atoms with E-state index in [0.717, 1.165) is 44.9 Å². The molecule has 19 aromatic rings. The Morgan fingerprint density at radius 2 is 0.539 bits per heavy atom. The van der Waals surface area contributed by atoms with Gasteiger partial charge in [-0.05, 0) is 172 Å². The first-order valence-electron chi connectivity index (χ1n) is 30.5. The molecule has 0 fully saturated rings. The molecule has 5 aromatic heterocycles. The Balaban J connectivity index is 0.827. The van der Waals surface area contributed by atoms with Crippen molar-refractivity contribution in [2.45, 2.75) is 0 Å². The molecule has 0 saturated heterocycles. The number of para-hydroxylation sites is 4. The molecule has 89 heavy (non-hydrogen) atoms. The maximum atomic E-state index is 2.51. The summed E-state index contributed by atoms with van der Waals surface area (Å²) in [5.74, 6) is 0. The molecule has 14 aromatic carbocycles. The van der Waals surface area contributed by atoms with Crippen molar-refractivity contribution in [3.05, 3.63) is 315 Å². The minimum absolute atomic E-state index is 1.12. The van der Waals surface area contributed by atoms with Gasteiger partial charge in [0.25, 0.3) is 0 Å². The van der Waals surface area contributed by atoms with E-state index in [1.807, 2.05) is 11.3 Å². The first-order valence-corrected chi connectivity index (χ1v) is 31.4. The molecule has 0 saturated carbocycles. The van der Waals surface area contributed by atoms with Gasteiger partial charge in [-0.1, -0.05) is 188 Å². The third-order valence-electron chi connectivity index (χ3n) is 18.7. The van der Waals surface area contributed by atoms with Crippen molar-refractivity contribution < 1.29 is 0 Å². The third kappa shape index (κ3) is 7.66. The highest BCUT2D eigenvalue weighted by Gasteiger charge is 2.23. The van der Waals surface area contributed by atoms with Crippen LogP contribution in [-0.4, -0.2) is 18.3 Å². The molecule has 0 unspecified atom stereocenters. The van der Waals surface area contributed by atoms with E-state index >= 15 is 0 Å². The summed E-state index contributed by atoms with van der Waals surface area (Å²) in [6.45, 7) is 0. The van der Waals surface area contributed by atoms with Gasteiger partial charge >= 0.3 is 0 Å². The summed E-state index contributed by atoms with van der Waals surface area (Å²) >= 11 is 1.89. The minimum Gasteiger partial charge on any atom is -0.309 e. The van der Waals surface area contributed by atoms with E-state index in [1.165, 1.54) is 130 Å². The number of fused-ring (bicyclic) bond motifs is 16. The van der Waals surface area contributed by atoms with E-state index < -0.39 is 0 Å². The lowest BCUT2D eigenvalue weighted by Crippen LogP contribution is -1.96. The van der Waals surface area contributed by atoms with Gasteiger partial charge in [0.2, 0.25) is 0 Å². The van der Waals surface area contributed by atoms with Gasteiger partial charge in [0, 0.05) is 81.3 Å². The van der Waals surface area contributed by atoms with Gasteiger partial charge in [0.1, 0.15) is 0 Å². The van der Waals surface area contributed by atoms with Gasteiger partial charge in [0.05, 0.1) is 48.8 Å². The Morgan fingerprint density at radius 1 is 0.180 bits per heavy atom. The number of nitrogens with zero attached hydrogens (tertiary/aromatic N) is 4. The van der Waals surface area contributed by atoms with Crippen LogP contribution in [0.5, 0.6) is 0 Å². The molecule has 4 nitrogen and oxygen atoms in total. The lowest BCUT2D eigenvalue weighted by Gasteiger charge is -2.14. The fraction of sp³-hybridized carbons (Fsp3) is 0. The SMILES string of the molecule is c1ccc(-c2cc(-c3ccccc3)cc(-n3c4ccc(-c5ccc6c(c5)c5cc(-c7ccc8c(c7)c7ccc9c%10ccccc%10sc9c7n8-c7ccccc7)ccc5n6-c5ccccc5)cc4c4cc5c(cc43)c3ccccc3n5-c3ccccc3)c2)cc1. The average molecular weight is 1150 g/mol. The first-order chi connectivity index (χ1) is 44.1. The molecule has 0 N–H and O–H groups in total. The van der Waals surface area contributed by atoms with E-state index in [9.17, 15) is 0 Å². The van der Waals surface area contributed by atoms with Gasteiger partial charge in [0.15, 0.2) is 0 Å². The third-order valence-corrected chi connectivity index (χ3v) is 19.9. The Kier molecular flexibility index (Phi) is 10.9. The van der Waals surface area contributed by atoms with Crippen LogP contribution in [0.15, 0.2) is 315 Å². The van der Waals surface area contributed by atoms with Crippen LogP contribution >= 0.6 is 11.3 Å². The minimum atomic E-state index is 1.12. The quantitative estimate of drug-likeness (QED) is 0.144. The highest BCUT2D eigenvalue weighted by atomic mass is 32.1. The zero-order valence-corrected chi connectivity index (χ0v) is 49.0. The summed E-state index contributed by atoms with van der Waals surface area (Å²) in [5.41, 5.74) is 23.4. The number of thiophene rings is 1. The zero-order chi connectivity index (χ0) is 58.3. The van der Waals surface area contributed by atoms with Gasteiger partial charge < -0.3 is 18.3 Å². The van der Waals surface area contributed by atoms with Gasteiger partial charge in [-0.15, -0.1) is 11.3 Å². The van der Waals surface area contributed by atoms with Crippen LogP contribution in [0.25, 0.3) is 175 Å².